The van der Waals surface area contributed by atoms with Crippen LogP contribution in [0.5, 0.6) is 11.5 Å². The average molecular weight is 441 g/mol. The highest BCUT2D eigenvalue weighted by Gasteiger charge is 2.19. The summed E-state index contributed by atoms with van der Waals surface area (Å²) in [6.45, 7) is 9.39. The predicted molar refractivity (Wildman–Crippen MR) is 122 cm³/mol. The Kier molecular flexibility index (Phi) is 8.50. The van der Waals surface area contributed by atoms with Gasteiger partial charge in [0.1, 0.15) is 24.7 Å². The Labute approximate surface area is 189 Å². The number of carbonyl (C=O) groups excluding carboxylic acids is 1. The Balaban J connectivity index is 1.38. The first-order valence-corrected chi connectivity index (χ1v) is 11.4. The second-order valence-corrected chi connectivity index (χ2v) is 7.93. The minimum absolute atomic E-state index is 0.0889. The van der Waals surface area contributed by atoms with Crippen LogP contribution in [-0.2, 0) is 9.47 Å². The second-order valence-electron chi connectivity index (χ2n) is 7.93. The van der Waals surface area contributed by atoms with Crippen molar-refractivity contribution in [3.05, 3.63) is 59.7 Å². The zero-order valence-corrected chi connectivity index (χ0v) is 18.5. The fraction of sp³-hybridized carbons (Fsp3) is 0.480. The number of hydrogen-bond acceptors (Lipinski definition) is 7. The number of ether oxygens (including phenoxy) is 4. The van der Waals surface area contributed by atoms with E-state index in [0.29, 0.717) is 35.8 Å². The van der Waals surface area contributed by atoms with Gasteiger partial charge in [-0.25, -0.2) is 0 Å². The molecule has 0 spiro atoms. The molecular weight excluding hydrogens is 408 g/mol. The van der Waals surface area contributed by atoms with Gasteiger partial charge >= 0.3 is 0 Å². The van der Waals surface area contributed by atoms with Crippen LogP contribution in [0.15, 0.2) is 48.5 Å². The van der Waals surface area contributed by atoms with Gasteiger partial charge in [0.15, 0.2) is 5.78 Å². The van der Waals surface area contributed by atoms with Crippen molar-refractivity contribution < 1.29 is 23.7 Å². The van der Waals surface area contributed by atoms with Gasteiger partial charge in [-0.3, -0.25) is 14.6 Å². The highest BCUT2D eigenvalue weighted by Crippen LogP contribution is 2.26. The normalized spacial score (nSPS) is 17.8. The molecule has 2 saturated heterocycles. The maximum absolute atomic E-state index is 13.4. The fourth-order valence-corrected chi connectivity index (χ4v) is 3.92. The average Bonchev–Trinajstić information content (AvgIpc) is 2.86. The van der Waals surface area contributed by atoms with Gasteiger partial charge in [-0.2, -0.15) is 0 Å². The van der Waals surface area contributed by atoms with Gasteiger partial charge in [-0.15, -0.1) is 0 Å². The lowest BCUT2D eigenvalue weighted by Crippen LogP contribution is -2.38. The predicted octanol–water partition coefficient (Wildman–Crippen LogP) is 2.34. The third-order valence-corrected chi connectivity index (χ3v) is 5.80. The van der Waals surface area contributed by atoms with E-state index in [1.54, 1.807) is 0 Å². The summed E-state index contributed by atoms with van der Waals surface area (Å²) in [4.78, 5) is 18.0. The molecule has 0 radical (unpaired) electrons. The van der Waals surface area contributed by atoms with Crippen LogP contribution in [0.25, 0.3) is 0 Å². The van der Waals surface area contributed by atoms with Crippen molar-refractivity contribution in [2.75, 3.05) is 78.9 Å². The van der Waals surface area contributed by atoms with Crippen molar-refractivity contribution in [3.8, 4) is 11.5 Å². The van der Waals surface area contributed by atoms with Crippen molar-refractivity contribution in [1.29, 1.82) is 0 Å². The Bertz CT molecular complexity index is 793. The van der Waals surface area contributed by atoms with E-state index < -0.39 is 0 Å². The summed E-state index contributed by atoms with van der Waals surface area (Å²) in [5.41, 5.74) is 1.11. The zero-order valence-electron chi connectivity index (χ0n) is 18.5. The molecule has 2 heterocycles. The summed E-state index contributed by atoms with van der Waals surface area (Å²) in [6.07, 6.45) is 0. The Morgan fingerprint density at radius 3 is 1.53 bits per heavy atom. The minimum Gasteiger partial charge on any atom is -0.491 e. The molecule has 32 heavy (non-hydrogen) atoms. The van der Waals surface area contributed by atoms with E-state index in [1.165, 1.54) is 0 Å². The van der Waals surface area contributed by atoms with Crippen molar-refractivity contribution in [3.63, 3.8) is 0 Å². The number of benzene rings is 2. The van der Waals surface area contributed by atoms with E-state index in [-0.39, 0.29) is 5.78 Å². The van der Waals surface area contributed by atoms with Crippen LogP contribution in [-0.4, -0.2) is 94.5 Å². The summed E-state index contributed by atoms with van der Waals surface area (Å²) in [5.74, 6) is 1.12. The molecule has 2 aromatic rings. The van der Waals surface area contributed by atoms with Crippen LogP contribution in [0.4, 0.5) is 0 Å². The van der Waals surface area contributed by atoms with E-state index in [4.69, 9.17) is 18.9 Å². The maximum atomic E-state index is 13.4. The molecular formula is C25H32N2O5. The van der Waals surface area contributed by atoms with Crippen LogP contribution < -0.4 is 9.47 Å². The molecule has 4 rings (SSSR count). The molecule has 0 amide bonds. The van der Waals surface area contributed by atoms with Gasteiger partial charge in [0.25, 0.3) is 0 Å². The molecule has 0 saturated carbocycles. The molecule has 7 heteroatoms. The van der Waals surface area contributed by atoms with E-state index in [1.807, 2.05) is 48.5 Å². The van der Waals surface area contributed by atoms with Gasteiger partial charge < -0.3 is 18.9 Å². The van der Waals surface area contributed by atoms with E-state index in [0.717, 1.165) is 65.7 Å². The molecule has 0 bridgehead atoms. The summed E-state index contributed by atoms with van der Waals surface area (Å²) in [7, 11) is 0. The largest absolute Gasteiger partial charge is 0.491 e. The molecule has 0 aliphatic carbocycles. The first kappa shape index (κ1) is 22.7. The molecule has 172 valence electrons. The summed E-state index contributed by atoms with van der Waals surface area (Å²) in [5, 5.41) is 0. The lowest BCUT2D eigenvalue weighted by atomic mass is 10.0. The number of hydrogen-bond donors (Lipinski definition) is 0. The zero-order chi connectivity index (χ0) is 22.0. The monoisotopic (exact) mass is 440 g/mol. The molecule has 0 unspecified atom stereocenters. The van der Waals surface area contributed by atoms with Crippen molar-refractivity contribution >= 4 is 5.78 Å². The summed E-state index contributed by atoms with van der Waals surface area (Å²) < 4.78 is 22.8. The van der Waals surface area contributed by atoms with Crippen molar-refractivity contribution in [1.82, 2.24) is 9.80 Å². The second kappa shape index (κ2) is 12.0. The van der Waals surface area contributed by atoms with Crippen LogP contribution in [0.1, 0.15) is 15.9 Å². The number of rotatable bonds is 10. The Morgan fingerprint density at radius 1 is 0.688 bits per heavy atom. The minimum atomic E-state index is -0.0889. The van der Waals surface area contributed by atoms with Crippen LogP contribution in [0.2, 0.25) is 0 Å². The number of ketones is 1. The highest BCUT2D eigenvalue weighted by molar-refractivity contribution is 6.12. The molecule has 0 aromatic heterocycles. The number of nitrogens with zero attached hydrogens (tertiary/aromatic N) is 2. The highest BCUT2D eigenvalue weighted by atomic mass is 16.5. The van der Waals surface area contributed by atoms with Crippen LogP contribution in [0, 0.1) is 0 Å². The van der Waals surface area contributed by atoms with E-state index in [9.17, 15) is 4.79 Å². The molecule has 2 aliphatic heterocycles. The van der Waals surface area contributed by atoms with Crippen LogP contribution >= 0.6 is 0 Å². The number of carbonyl (C=O) groups is 1. The van der Waals surface area contributed by atoms with Crippen molar-refractivity contribution in [2.24, 2.45) is 0 Å². The molecule has 2 aromatic carbocycles. The quantitative estimate of drug-likeness (QED) is 0.526. The molecule has 2 fully saturated rings. The summed E-state index contributed by atoms with van der Waals surface area (Å²) in [6, 6.07) is 14.9. The first-order chi connectivity index (χ1) is 15.8. The maximum Gasteiger partial charge on any atom is 0.200 e. The van der Waals surface area contributed by atoms with Gasteiger partial charge in [0, 0.05) is 39.3 Å². The Hall–Kier alpha value is -2.45. The molecule has 0 N–H and O–H groups in total. The number of morpholine rings is 2. The van der Waals surface area contributed by atoms with Gasteiger partial charge in [0.2, 0.25) is 0 Å². The first-order valence-electron chi connectivity index (χ1n) is 11.4. The van der Waals surface area contributed by atoms with E-state index in [2.05, 4.69) is 9.80 Å². The van der Waals surface area contributed by atoms with Crippen molar-refractivity contribution in [2.45, 2.75) is 0 Å². The smallest absolute Gasteiger partial charge is 0.200 e. The van der Waals surface area contributed by atoms with Crippen LogP contribution in [0.3, 0.4) is 0 Å². The fourth-order valence-electron chi connectivity index (χ4n) is 3.92. The lowest BCUT2D eigenvalue weighted by molar-refractivity contribution is 0.0322. The summed E-state index contributed by atoms with van der Waals surface area (Å²) >= 11 is 0. The Morgan fingerprint density at radius 2 is 1.09 bits per heavy atom. The molecule has 7 nitrogen and oxygen atoms in total. The lowest BCUT2D eigenvalue weighted by Gasteiger charge is -2.26. The molecule has 0 atom stereocenters. The van der Waals surface area contributed by atoms with E-state index >= 15 is 0 Å². The standard InChI is InChI=1S/C25H32N2O5/c28-25(21-5-1-3-7-23(21)31-19-13-26-9-15-29-16-10-26)22-6-2-4-8-24(22)32-20-14-27-11-17-30-18-12-27/h1-8H,9-20H2. The third kappa shape index (κ3) is 6.29. The van der Waals surface area contributed by atoms with Gasteiger partial charge in [0.05, 0.1) is 37.6 Å². The van der Waals surface area contributed by atoms with Gasteiger partial charge in [-0.1, -0.05) is 24.3 Å². The third-order valence-electron chi connectivity index (χ3n) is 5.80. The SMILES string of the molecule is O=C(c1ccccc1OCCN1CCOCC1)c1ccccc1OCCN1CCOCC1. The van der Waals surface area contributed by atoms with Gasteiger partial charge in [-0.05, 0) is 24.3 Å². The molecule has 2 aliphatic rings. The number of para-hydroxylation sites is 2. The topological polar surface area (TPSA) is 60.5 Å².